The third-order valence-electron chi connectivity index (χ3n) is 3.60. The lowest BCUT2D eigenvalue weighted by molar-refractivity contribution is -0.123. The fourth-order valence-electron chi connectivity index (χ4n) is 2.46. The van der Waals surface area contributed by atoms with E-state index in [0.717, 1.165) is 17.7 Å². The number of hydrogen-bond acceptors (Lipinski definition) is 4. The van der Waals surface area contributed by atoms with Gasteiger partial charge in [0, 0.05) is 5.56 Å². The molecule has 3 rings (SSSR count). The number of amides is 1. The average molecular weight is 310 g/mol. The predicted molar refractivity (Wildman–Crippen MR) is 87.9 cm³/mol. The third kappa shape index (κ3) is 3.45. The zero-order chi connectivity index (χ0) is 16.1. The predicted octanol–water partition coefficient (Wildman–Crippen LogP) is 2.29. The standard InChI is InChI=1S/C18H18N2O3/c1-22-16-8-4-5-9-17(16)23-12-18(21)20-19-15-11-10-13-6-2-3-7-14(13)15/h2-9,11,19H,10,12H2,1H3,(H,20,21). The molecule has 5 nitrogen and oxygen atoms in total. The molecule has 1 aliphatic carbocycles. The van der Waals surface area contributed by atoms with E-state index in [9.17, 15) is 4.79 Å². The van der Waals surface area contributed by atoms with Gasteiger partial charge < -0.3 is 9.47 Å². The average Bonchev–Trinajstić information content (AvgIpc) is 3.01. The van der Waals surface area contributed by atoms with Gasteiger partial charge in [0.25, 0.3) is 5.91 Å². The number of allylic oxidation sites excluding steroid dienone is 1. The van der Waals surface area contributed by atoms with Crippen LogP contribution in [0.3, 0.4) is 0 Å². The van der Waals surface area contributed by atoms with E-state index in [1.807, 2.05) is 36.4 Å². The van der Waals surface area contributed by atoms with Crippen LogP contribution in [0.5, 0.6) is 11.5 Å². The lowest BCUT2D eigenvalue weighted by Crippen LogP contribution is -2.39. The highest BCUT2D eigenvalue weighted by Crippen LogP contribution is 2.26. The summed E-state index contributed by atoms with van der Waals surface area (Å²) in [4.78, 5) is 11.9. The lowest BCUT2D eigenvalue weighted by atomic mass is 10.1. The van der Waals surface area contributed by atoms with E-state index < -0.39 is 0 Å². The molecule has 1 amide bonds. The third-order valence-corrected chi connectivity index (χ3v) is 3.60. The van der Waals surface area contributed by atoms with Crippen molar-refractivity contribution in [3.63, 3.8) is 0 Å². The van der Waals surface area contributed by atoms with Gasteiger partial charge in [-0.3, -0.25) is 15.6 Å². The van der Waals surface area contributed by atoms with Gasteiger partial charge in [-0.15, -0.1) is 0 Å². The highest BCUT2D eigenvalue weighted by molar-refractivity contribution is 5.80. The van der Waals surface area contributed by atoms with E-state index in [1.54, 1.807) is 19.2 Å². The summed E-state index contributed by atoms with van der Waals surface area (Å²) in [7, 11) is 1.56. The number of ether oxygens (including phenoxy) is 2. The molecule has 0 saturated heterocycles. The summed E-state index contributed by atoms with van der Waals surface area (Å²) in [5.74, 6) is 0.873. The van der Waals surface area contributed by atoms with Crippen LogP contribution >= 0.6 is 0 Å². The Labute approximate surface area is 134 Å². The molecule has 0 unspecified atom stereocenters. The van der Waals surface area contributed by atoms with E-state index in [-0.39, 0.29) is 12.5 Å². The van der Waals surface area contributed by atoms with Crippen molar-refractivity contribution >= 4 is 11.6 Å². The van der Waals surface area contributed by atoms with Crippen LogP contribution in [-0.4, -0.2) is 19.6 Å². The summed E-state index contributed by atoms with van der Waals surface area (Å²) in [6.07, 6.45) is 2.91. The highest BCUT2D eigenvalue weighted by Gasteiger charge is 2.13. The minimum atomic E-state index is -0.263. The molecule has 2 aromatic rings. The van der Waals surface area contributed by atoms with Gasteiger partial charge in [-0.05, 0) is 24.1 Å². The largest absolute Gasteiger partial charge is 0.493 e. The Kier molecular flexibility index (Phi) is 4.47. The molecule has 0 atom stereocenters. The minimum absolute atomic E-state index is 0.0949. The Morgan fingerprint density at radius 1 is 1.09 bits per heavy atom. The second-order valence-corrected chi connectivity index (χ2v) is 5.09. The van der Waals surface area contributed by atoms with Crippen LogP contribution in [0.15, 0.2) is 54.6 Å². The van der Waals surface area contributed by atoms with Gasteiger partial charge in [0.15, 0.2) is 18.1 Å². The molecule has 2 aromatic carbocycles. The maximum Gasteiger partial charge on any atom is 0.276 e. The van der Waals surface area contributed by atoms with Gasteiger partial charge in [-0.25, -0.2) is 0 Å². The van der Waals surface area contributed by atoms with Crippen LogP contribution in [0.4, 0.5) is 0 Å². The molecule has 0 aromatic heterocycles. The summed E-state index contributed by atoms with van der Waals surface area (Å²) in [6, 6.07) is 15.3. The lowest BCUT2D eigenvalue weighted by Gasteiger charge is -2.12. The molecule has 0 bridgehead atoms. The summed E-state index contributed by atoms with van der Waals surface area (Å²) in [5, 5.41) is 0. The van der Waals surface area contributed by atoms with E-state index in [0.29, 0.717) is 11.5 Å². The van der Waals surface area contributed by atoms with Crippen molar-refractivity contribution < 1.29 is 14.3 Å². The van der Waals surface area contributed by atoms with Gasteiger partial charge in [0.05, 0.1) is 12.8 Å². The van der Waals surface area contributed by atoms with E-state index >= 15 is 0 Å². The van der Waals surface area contributed by atoms with E-state index in [4.69, 9.17) is 9.47 Å². The first-order valence-corrected chi connectivity index (χ1v) is 7.37. The van der Waals surface area contributed by atoms with Gasteiger partial charge in [-0.1, -0.05) is 42.5 Å². The van der Waals surface area contributed by atoms with Crippen LogP contribution in [0.2, 0.25) is 0 Å². The molecule has 0 spiro atoms. The Morgan fingerprint density at radius 2 is 1.83 bits per heavy atom. The van der Waals surface area contributed by atoms with Crippen LogP contribution in [0.1, 0.15) is 11.1 Å². The molecule has 1 aliphatic rings. The van der Waals surface area contributed by atoms with Crippen molar-refractivity contribution in [2.45, 2.75) is 6.42 Å². The second kappa shape index (κ2) is 6.87. The Morgan fingerprint density at radius 3 is 2.65 bits per heavy atom. The van der Waals surface area contributed by atoms with Crippen LogP contribution in [-0.2, 0) is 11.2 Å². The number of hydrazine groups is 1. The number of carbonyl (C=O) groups is 1. The number of benzene rings is 2. The molecule has 0 heterocycles. The first kappa shape index (κ1) is 15.0. The molecule has 0 fully saturated rings. The Hall–Kier alpha value is -2.95. The van der Waals surface area contributed by atoms with Gasteiger partial charge in [-0.2, -0.15) is 0 Å². The molecule has 118 valence electrons. The van der Waals surface area contributed by atoms with Crippen LogP contribution in [0, 0.1) is 0 Å². The van der Waals surface area contributed by atoms with Crippen molar-refractivity contribution in [1.82, 2.24) is 10.9 Å². The zero-order valence-electron chi connectivity index (χ0n) is 12.8. The van der Waals surface area contributed by atoms with E-state index in [2.05, 4.69) is 16.9 Å². The number of hydrogen-bond donors (Lipinski definition) is 2. The first-order chi connectivity index (χ1) is 11.3. The van der Waals surface area contributed by atoms with E-state index in [1.165, 1.54) is 5.56 Å². The summed E-state index contributed by atoms with van der Waals surface area (Å²) < 4.78 is 10.7. The van der Waals surface area contributed by atoms with Crippen molar-refractivity contribution in [2.75, 3.05) is 13.7 Å². The van der Waals surface area contributed by atoms with Gasteiger partial charge in [0.1, 0.15) is 0 Å². The zero-order valence-corrected chi connectivity index (χ0v) is 12.8. The molecule has 2 N–H and O–H groups in total. The number of carbonyl (C=O) groups excluding carboxylic acids is 1. The SMILES string of the molecule is COc1ccccc1OCC(=O)NNC1=CCc2ccccc21. The van der Waals surface area contributed by atoms with Crippen molar-refractivity contribution in [1.29, 1.82) is 0 Å². The second-order valence-electron chi connectivity index (χ2n) is 5.09. The number of nitrogens with one attached hydrogen (secondary N) is 2. The summed E-state index contributed by atoms with van der Waals surface area (Å²) in [6.45, 7) is -0.0949. The Balaban J connectivity index is 1.51. The fraction of sp³-hybridized carbons (Fsp3) is 0.167. The number of para-hydroxylation sites is 2. The fourth-order valence-corrected chi connectivity index (χ4v) is 2.46. The summed E-state index contributed by atoms with van der Waals surface area (Å²) in [5.41, 5.74) is 8.87. The monoisotopic (exact) mass is 310 g/mol. The molecule has 0 radical (unpaired) electrons. The highest BCUT2D eigenvalue weighted by atomic mass is 16.5. The normalized spacial score (nSPS) is 12.1. The first-order valence-electron chi connectivity index (χ1n) is 7.37. The summed E-state index contributed by atoms with van der Waals surface area (Å²) >= 11 is 0. The number of rotatable bonds is 6. The number of fused-ring (bicyclic) bond motifs is 1. The molecule has 23 heavy (non-hydrogen) atoms. The van der Waals surface area contributed by atoms with Crippen molar-refractivity contribution in [3.05, 3.63) is 65.7 Å². The van der Waals surface area contributed by atoms with Gasteiger partial charge >= 0.3 is 0 Å². The number of methoxy groups -OCH3 is 1. The van der Waals surface area contributed by atoms with Crippen molar-refractivity contribution in [2.24, 2.45) is 0 Å². The van der Waals surface area contributed by atoms with Crippen molar-refractivity contribution in [3.8, 4) is 11.5 Å². The maximum absolute atomic E-state index is 11.9. The molecular formula is C18H18N2O3. The molecule has 5 heteroatoms. The van der Waals surface area contributed by atoms with Crippen LogP contribution < -0.4 is 20.3 Å². The topological polar surface area (TPSA) is 59.6 Å². The molecular weight excluding hydrogens is 292 g/mol. The Bertz CT molecular complexity index is 741. The molecule has 0 saturated carbocycles. The minimum Gasteiger partial charge on any atom is -0.493 e. The smallest absolute Gasteiger partial charge is 0.276 e. The maximum atomic E-state index is 11.9. The molecule has 0 aliphatic heterocycles. The quantitative estimate of drug-likeness (QED) is 0.804. The van der Waals surface area contributed by atoms with Gasteiger partial charge in [0.2, 0.25) is 0 Å². The van der Waals surface area contributed by atoms with Crippen LogP contribution in [0.25, 0.3) is 5.70 Å².